The van der Waals surface area contributed by atoms with Gasteiger partial charge in [0.2, 0.25) is 0 Å². The molecule has 0 radical (unpaired) electrons. The molecular weight excluding hydrogens is 226 g/mol. The summed E-state index contributed by atoms with van der Waals surface area (Å²) in [6.07, 6.45) is 3.70. The second kappa shape index (κ2) is 8.13. The highest BCUT2D eigenvalue weighted by atomic mass is 16.5. The summed E-state index contributed by atoms with van der Waals surface area (Å²) in [6, 6.07) is 2.29. The number of esters is 1. The molecule has 0 heterocycles. The summed E-state index contributed by atoms with van der Waals surface area (Å²) in [4.78, 5) is 12.3. The van der Waals surface area contributed by atoms with Gasteiger partial charge in [-0.05, 0) is 31.6 Å². The van der Waals surface area contributed by atoms with Crippen LogP contribution in [-0.2, 0) is 9.53 Å². The number of hydrogen-bond donors (Lipinski definition) is 0. The molecule has 0 aromatic heterocycles. The molecule has 0 spiro atoms. The van der Waals surface area contributed by atoms with Crippen LogP contribution < -0.4 is 0 Å². The highest BCUT2D eigenvalue weighted by Crippen LogP contribution is 2.41. The van der Waals surface area contributed by atoms with Crippen molar-refractivity contribution in [3.05, 3.63) is 0 Å². The Labute approximate surface area is 112 Å². The minimum absolute atomic E-state index is 0.0353. The van der Waals surface area contributed by atoms with Crippen molar-refractivity contribution in [1.82, 2.24) is 0 Å². The van der Waals surface area contributed by atoms with Crippen LogP contribution in [0.25, 0.3) is 0 Å². The maximum absolute atomic E-state index is 12.3. The molecule has 0 N–H and O–H groups in total. The average molecular weight is 253 g/mol. The van der Waals surface area contributed by atoms with Crippen molar-refractivity contribution in [2.75, 3.05) is 6.61 Å². The molecule has 0 rings (SSSR count). The first-order valence-electron chi connectivity index (χ1n) is 7.09. The summed E-state index contributed by atoms with van der Waals surface area (Å²) in [5.41, 5.74) is -0.984. The van der Waals surface area contributed by atoms with Crippen LogP contribution in [0, 0.1) is 28.6 Å². The molecule has 3 heteroatoms. The maximum atomic E-state index is 12.3. The van der Waals surface area contributed by atoms with Gasteiger partial charge in [-0.25, -0.2) is 0 Å². The Morgan fingerprint density at radius 2 is 1.61 bits per heavy atom. The van der Waals surface area contributed by atoms with Crippen LogP contribution >= 0.6 is 0 Å². The normalized spacial score (nSPS) is 17.3. The van der Waals surface area contributed by atoms with E-state index in [1.807, 2.05) is 13.8 Å². The van der Waals surface area contributed by atoms with Gasteiger partial charge in [0.25, 0.3) is 0 Å². The molecule has 1 unspecified atom stereocenters. The first kappa shape index (κ1) is 17.0. The van der Waals surface area contributed by atoms with Crippen LogP contribution in [0.5, 0.6) is 0 Å². The summed E-state index contributed by atoms with van der Waals surface area (Å²) < 4.78 is 5.17. The molecule has 0 saturated carbocycles. The summed E-state index contributed by atoms with van der Waals surface area (Å²) in [5.74, 6) is -0.268. The van der Waals surface area contributed by atoms with Gasteiger partial charge >= 0.3 is 5.97 Å². The molecular formula is C15H27NO2. The van der Waals surface area contributed by atoms with E-state index in [1.54, 1.807) is 6.92 Å². The first-order chi connectivity index (χ1) is 8.50. The van der Waals surface area contributed by atoms with E-state index in [-0.39, 0.29) is 17.8 Å². The molecule has 0 aromatic rings. The minimum Gasteiger partial charge on any atom is -0.465 e. The molecule has 0 saturated heterocycles. The van der Waals surface area contributed by atoms with Crippen molar-refractivity contribution < 1.29 is 9.53 Å². The van der Waals surface area contributed by atoms with Crippen LogP contribution in [0.4, 0.5) is 0 Å². The third-order valence-corrected chi connectivity index (χ3v) is 3.80. The monoisotopic (exact) mass is 253 g/mol. The lowest BCUT2D eigenvalue weighted by molar-refractivity contribution is -0.158. The lowest BCUT2D eigenvalue weighted by atomic mass is 9.66. The van der Waals surface area contributed by atoms with Gasteiger partial charge in [-0.15, -0.1) is 0 Å². The highest BCUT2D eigenvalue weighted by Gasteiger charge is 2.49. The molecule has 3 atom stereocenters. The number of carbonyl (C=O) groups is 1. The van der Waals surface area contributed by atoms with Gasteiger partial charge in [-0.1, -0.05) is 40.5 Å². The van der Waals surface area contributed by atoms with E-state index in [2.05, 4.69) is 19.9 Å². The Balaban J connectivity index is 5.33. The lowest BCUT2D eigenvalue weighted by Gasteiger charge is -2.35. The largest absolute Gasteiger partial charge is 0.465 e. The third-order valence-electron chi connectivity index (χ3n) is 3.80. The maximum Gasteiger partial charge on any atom is 0.327 e. The molecule has 0 aliphatic carbocycles. The fourth-order valence-corrected chi connectivity index (χ4v) is 2.73. The van der Waals surface area contributed by atoms with E-state index < -0.39 is 5.41 Å². The smallest absolute Gasteiger partial charge is 0.327 e. The quantitative estimate of drug-likeness (QED) is 0.616. The van der Waals surface area contributed by atoms with Crippen molar-refractivity contribution in [3.8, 4) is 6.07 Å². The Morgan fingerprint density at radius 1 is 1.17 bits per heavy atom. The lowest BCUT2D eigenvalue weighted by Crippen LogP contribution is -2.43. The number of rotatable bonds is 8. The van der Waals surface area contributed by atoms with E-state index in [1.165, 1.54) is 0 Å². The topological polar surface area (TPSA) is 50.1 Å². The fourth-order valence-electron chi connectivity index (χ4n) is 2.73. The van der Waals surface area contributed by atoms with E-state index in [4.69, 9.17) is 4.74 Å². The standard InChI is InChI=1S/C15H27NO2/c1-6-9-12(4)15(11-16,13(5)10-7-2)14(17)18-8-3/h12-13H,6-10H2,1-5H3/t12-,13+,15?. The van der Waals surface area contributed by atoms with Gasteiger partial charge < -0.3 is 4.74 Å². The number of nitriles is 1. The van der Waals surface area contributed by atoms with E-state index >= 15 is 0 Å². The van der Waals surface area contributed by atoms with Gasteiger partial charge in [-0.2, -0.15) is 5.26 Å². The summed E-state index contributed by atoms with van der Waals surface area (Å²) in [6.45, 7) is 10.3. The van der Waals surface area contributed by atoms with Crippen LogP contribution in [0.1, 0.15) is 60.3 Å². The zero-order valence-electron chi connectivity index (χ0n) is 12.5. The van der Waals surface area contributed by atoms with Gasteiger partial charge in [0, 0.05) is 0 Å². The van der Waals surface area contributed by atoms with E-state index in [9.17, 15) is 10.1 Å². The Hall–Kier alpha value is -1.04. The van der Waals surface area contributed by atoms with Crippen LogP contribution in [0.15, 0.2) is 0 Å². The summed E-state index contributed by atoms with van der Waals surface area (Å²) >= 11 is 0. The van der Waals surface area contributed by atoms with E-state index in [0.29, 0.717) is 6.61 Å². The summed E-state index contributed by atoms with van der Waals surface area (Å²) in [7, 11) is 0. The van der Waals surface area contributed by atoms with Gasteiger partial charge in [0.05, 0.1) is 12.7 Å². The first-order valence-corrected chi connectivity index (χ1v) is 7.09. The SMILES string of the molecule is CCC[C@@H](C)C(C#N)(C(=O)OCC)[C@@H](C)CCC. The molecule has 0 aromatic carbocycles. The van der Waals surface area contributed by atoms with Gasteiger partial charge in [-0.3, -0.25) is 4.79 Å². The zero-order valence-corrected chi connectivity index (χ0v) is 12.5. The molecule has 104 valence electrons. The van der Waals surface area contributed by atoms with Gasteiger partial charge in [0.1, 0.15) is 0 Å². The number of hydrogen-bond acceptors (Lipinski definition) is 3. The molecule has 0 amide bonds. The van der Waals surface area contributed by atoms with Crippen molar-refractivity contribution in [1.29, 1.82) is 5.26 Å². The number of nitrogens with zero attached hydrogens (tertiary/aromatic N) is 1. The molecule has 0 bridgehead atoms. The van der Waals surface area contributed by atoms with Crippen molar-refractivity contribution in [2.45, 2.75) is 60.3 Å². The molecule has 0 aliphatic rings. The predicted molar refractivity (Wildman–Crippen MR) is 72.8 cm³/mol. The van der Waals surface area contributed by atoms with Crippen LogP contribution in [0.3, 0.4) is 0 Å². The molecule has 3 nitrogen and oxygen atoms in total. The van der Waals surface area contributed by atoms with Crippen molar-refractivity contribution in [3.63, 3.8) is 0 Å². The Kier molecular flexibility index (Phi) is 7.66. The second-order valence-electron chi connectivity index (χ2n) is 5.08. The number of carbonyl (C=O) groups excluding carboxylic acids is 1. The number of ether oxygens (including phenoxy) is 1. The zero-order chi connectivity index (χ0) is 14.2. The molecule has 18 heavy (non-hydrogen) atoms. The van der Waals surface area contributed by atoms with Gasteiger partial charge in [0.15, 0.2) is 5.41 Å². The fraction of sp³-hybridized carbons (Fsp3) is 0.867. The Bertz CT molecular complexity index is 281. The minimum atomic E-state index is -0.984. The third kappa shape index (κ3) is 3.48. The highest BCUT2D eigenvalue weighted by molar-refractivity contribution is 5.80. The van der Waals surface area contributed by atoms with Crippen LogP contribution in [-0.4, -0.2) is 12.6 Å². The summed E-state index contributed by atoms with van der Waals surface area (Å²) in [5, 5.41) is 9.62. The van der Waals surface area contributed by atoms with E-state index in [0.717, 1.165) is 25.7 Å². The average Bonchev–Trinajstić information content (AvgIpc) is 2.31. The van der Waals surface area contributed by atoms with Crippen molar-refractivity contribution >= 4 is 5.97 Å². The van der Waals surface area contributed by atoms with Crippen molar-refractivity contribution in [2.24, 2.45) is 17.3 Å². The molecule has 0 aliphatic heterocycles. The van der Waals surface area contributed by atoms with Crippen LogP contribution in [0.2, 0.25) is 0 Å². The molecule has 0 fully saturated rings. The Morgan fingerprint density at radius 3 is 1.89 bits per heavy atom. The predicted octanol–water partition coefficient (Wildman–Crippen LogP) is 3.93. The second-order valence-corrected chi connectivity index (χ2v) is 5.08.